The maximum Gasteiger partial charge on any atom is 0.540 e. The molecule has 0 fully saturated rings. The second-order valence-electron chi connectivity index (χ2n) is 4.81. The predicted molar refractivity (Wildman–Crippen MR) is 75.0 cm³/mol. The van der Waals surface area contributed by atoms with Crippen molar-refractivity contribution in [3.63, 3.8) is 0 Å². The van der Waals surface area contributed by atoms with Crippen molar-refractivity contribution in [2.75, 3.05) is 4.72 Å². The van der Waals surface area contributed by atoms with Crippen molar-refractivity contribution in [3.05, 3.63) is 48.0 Å². The van der Waals surface area contributed by atoms with Crippen LogP contribution in [-0.4, -0.2) is 15.1 Å². The molecule has 1 aliphatic rings. The van der Waals surface area contributed by atoms with E-state index in [4.69, 9.17) is 0 Å². The highest BCUT2D eigenvalue weighted by molar-refractivity contribution is 7.80. The van der Waals surface area contributed by atoms with Crippen LogP contribution >= 0.6 is 0 Å². The van der Waals surface area contributed by atoms with Crippen LogP contribution in [-0.2, 0) is 22.1 Å². The van der Waals surface area contributed by atoms with Gasteiger partial charge in [-0.3, -0.25) is 4.21 Å². The SMILES string of the molecule is O=S([O-])Nc1ccc(-c2ccc3c(c2)C(F)(F)OC(F)(F)O3)cc1. The molecule has 2 aromatic carbocycles. The Balaban J connectivity index is 1.96. The van der Waals surface area contributed by atoms with Crippen molar-refractivity contribution in [3.8, 4) is 16.9 Å². The Labute approximate surface area is 135 Å². The summed E-state index contributed by atoms with van der Waals surface area (Å²) in [6.07, 6.45) is -8.63. The van der Waals surface area contributed by atoms with E-state index in [1.807, 2.05) is 0 Å². The Morgan fingerprint density at radius 2 is 1.62 bits per heavy atom. The second-order valence-corrected chi connectivity index (χ2v) is 5.48. The summed E-state index contributed by atoms with van der Waals surface area (Å²) in [4.78, 5) is 0. The highest BCUT2D eigenvalue weighted by atomic mass is 32.2. The molecule has 0 radical (unpaired) electrons. The number of hydrogen-bond acceptors (Lipinski definition) is 4. The van der Waals surface area contributed by atoms with E-state index in [2.05, 4.69) is 14.2 Å². The van der Waals surface area contributed by atoms with Gasteiger partial charge in [-0.2, -0.15) is 8.78 Å². The molecule has 0 saturated heterocycles. The third-order valence-corrected chi connectivity index (χ3v) is 3.59. The first kappa shape index (κ1) is 16.7. The number of anilines is 1. The van der Waals surface area contributed by atoms with Gasteiger partial charge in [0.1, 0.15) is 5.75 Å². The Morgan fingerprint density at radius 1 is 1.00 bits per heavy atom. The van der Waals surface area contributed by atoms with Gasteiger partial charge in [0, 0.05) is 17.0 Å². The topological polar surface area (TPSA) is 70.6 Å². The molecule has 1 N–H and O–H groups in total. The molecule has 0 aliphatic carbocycles. The fraction of sp³-hybridized carbons (Fsp3) is 0.143. The van der Waals surface area contributed by atoms with Crippen LogP contribution < -0.4 is 9.46 Å². The van der Waals surface area contributed by atoms with Crippen LogP contribution in [0.3, 0.4) is 0 Å². The molecule has 2 aromatic rings. The van der Waals surface area contributed by atoms with Crippen molar-refractivity contribution in [2.45, 2.75) is 12.4 Å². The summed E-state index contributed by atoms with van der Waals surface area (Å²) in [5, 5.41) is 0. The van der Waals surface area contributed by atoms with Crippen LogP contribution in [0.25, 0.3) is 11.1 Å². The average Bonchev–Trinajstić information content (AvgIpc) is 2.45. The third kappa shape index (κ3) is 3.35. The van der Waals surface area contributed by atoms with Gasteiger partial charge in [-0.15, -0.1) is 8.78 Å². The number of nitrogens with one attached hydrogen (secondary N) is 1. The third-order valence-electron chi connectivity index (χ3n) is 3.19. The van der Waals surface area contributed by atoms with E-state index in [0.29, 0.717) is 11.1 Å². The lowest BCUT2D eigenvalue weighted by atomic mass is 10.0. The summed E-state index contributed by atoms with van der Waals surface area (Å²) in [6.45, 7) is 0. The minimum Gasteiger partial charge on any atom is -0.755 e. The van der Waals surface area contributed by atoms with E-state index in [0.717, 1.165) is 12.1 Å². The van der Waals surface area contributed by atoms with Gasteiger partial charge in [0.2, 0.25) is 0 Å². The van der Waals surface area contributed by atoms with Gasteiger partial charge in [0.05, 0.1) is 5.56 Å². The minimum absolute atomic E-state index is 0.279. The van der Waals surface area contributed by atoms with Crippen LogP contribution in [0.2, 0.25) is 0 Å². The van der Waals surface area contributed by atoms with Gasteiger partial charge in [0.25, 0.3) is 0 Å². The fourth-order valence-electron chi connectivity index (χ4n) is 2.21. The van der Waals surface area contributed by atoms with Gasteiger partial charge in [-0.1, -0.05) is 18.2 Å². The largest absolute Gasteiger partial charge is 0.755 e. The number of alkyl halides is 4. The molecule has 128 valence electrons. The second kappa shape index (κ2) is 5.72. The van der Waals surface area contributed by atoms with Crippen LogP contribution in [0.15, 0.2) is 42.5 Å². The Morgan fingerprint density at radius 3 is 2.25 bits per heavy atom. The highest BCUT2D eigenvalue weighted by Crippen LogP contribution is 2.47. The van der Waals surface area contributed by atoms with E-state index in [9.17, 15) is 26.3 Å². The molecule has 1 heterocycles. The van der Waals surface area contributed by atoms with Crippen molar-refractivity contribution >= 4 is 17.0 Å². The minimum atomic E-state index is -4.42. The normalized spacial score (nSPS) is 19.0. The number of rotatable bonds is 3. The van der Waals surface area contributed by atoms with E-state index in [1.54, 1.807) is 0 Å². The zero-order chi connectivity index (χ0) is 17.5. The molecule has 0 spiro atoms. The number of fused-ring (bicyclic) bond motifs is 1. The van der Waals surface area contributed by atoms with Gasteiger partial charge in [0.15, 0.2) is 0 Å². The lowest BCUT2D eigenvalue weighted by Crippen LogP contribution is -2.41. The van der Waals surface area contributed by atoms with E-state index >= 15 is 0 Å². The Bertz CT molecular complexity index is 798. The first-order chi connectivity index (χ1) is 11.2. The molecule has 0 aromatic heterocycles. The van der Waals surface area contributed by atoms with E-state index < -0.39 is 35.0 Å². The average molecular weight is 362 g/mol. The lowest BCUT2D eigenvalue weighted by Gasteiger charge is -2.30. The van der Waals surface area contributed by atoms with Crippen LogP contribution in [0, 0.1) is 0 Å². The molecule has 1 unspecified atom stereocenters. The summed E-state index contributed by atoms with van der Waals surface area (Å²) in [5.41, 5.74) is 0.212. The highest BCUT2D eigenvalue weighted by Gasteiger charge is 2.54. The summed E-state index contributed by atoms with van der Waals surface area (Å²) in [7, 11) is 0. The molecule has 0 bridgehead atoms. The summed E-state index contributed by atoms with van der Waals surface area (Å²) >= 11 is -2.49. The van der Waals surface area contributed by atoms with Crippen LogP contribution in [0.1, 0.15) is 5.56 Å². The molecule has 1 aliphatic heterocycles. The molecule has 3 rings (SSSR count). The zero-order valence-corrected chi connectivity index (χ0v) is 12.4. The first-order valence-corrected chi connectivity index (χ1v) is 7.49. The van der Waals surface area contributed by atoms with E-state index in [1.165, 1.54) is 30.3 Å². The molecule has 10 heteroatoms. The van der Waals surface area contributed by atoms with Gasteiger partial charge in [-0.25, -0.2) is 4.74 Å². The quantitative estimate of drug-likeness (QED) is 0.669. The fourth-order valence-corrected chi connectivity index (χ4v) is 2.53. The van der Waals surface area contributed by atoms with E-state index in [-0.39, 0.29) is 5.69 Å². The zero-order valence-electron chi connectivity index (χ0n) is 11.6. The molecular weight excluding hydrogens is 354 g/mol. The van der Waals surface area contributed by atoms with Gasteiger partial charge < -0.3 is 14.0 Å². The standard InChI is InChI=1S/C14H9F4NO4S/c15-13(16)11-7-9(3-6-12(11)22-14(17,18)23-13)8-1-4-10(5-2-8)19-24(20)21/h1-7,19H,(H,20,21)/p-1. The van der Waals surface area contributed by atoms with Crippen molar-refractivity contribution < 1.29 is 35.8 Å². The Kier molecular flexibility index (Phi) is 3.98. The van der Waals surface area contributed by atoms with Crippen molar-refractivity contribution in [1.29, 1.82) is 0 Å². The summed E-state index contributed by atoms with van der Waals surface area (Å²) in [6, 6.07) is 9.09. The molecule has 24 heavy (non-hydrogen) atoms. The number of ether oxygens (including phenoxy) is 2. The van der Waals surface area contributed by atoms with Crippen LogP contribution in [0.5, 0.6) is 5.75 Å². The number of benzene rings is 2. The smallest absolute Gasteiger partial charge is 0.540 e. The predicted octanol–water partition coefficient (Wildman–Crippen LogP) is 3.57. The number of hydrogen-bond donors (Lipinski definition) is 1. The maximum atomic E-state index is 13.7. The number of halogens is 4. The summed E-state index contributed by atoms with van der Waals surface area (Å²) in [5.74, 6) is -0.681. The van der Waals surface area contributed by atoms with Crippen LogP contribution in [0.4, 0.5) is 23.2 Å². The van der Waals surface area contributed by atoms with Gasteiger partial charge in [-0.05, 0) is 35.4 Å². The maximum absolute atomic E-state index is 13.7. The molecule has 0 saturated carbocycles. The molecule has 0 amide bonds. The monoisotopic (exact) mass is 362 g/mol. The molecule has 5 nitrogen and oxygen atoms in total. The van der Waals surface area contributed by atoms with Crippen molar-refractivity contribution in [2.24, 2.45) is 0 Å². The lowest BCUT2D eigenvalue weighted by molar-refractivity contribution is -0.461. The molecular formula is C14H8F4NO4S-. The first-order valence-electron chi connectivity index (χ1n) is 6.42. The molecule has 1 atom stereocenters. The van der Waals surface area contributed by atoms with Crippen molar-refractivity contribution in [1.82, 2.24) is 0 Å². The van der Waals surface area contributed by atoms with Gasteiger partial charge >= 0.3 is 12.4 Å². The Hall–Kier alpha value is -2.17. The summed E-state index contributed by atoms with van der Waals surface area (Å²) < 4.78 is 84.1.